The molecule has 0 bridgehead atoms. The molecule has 2 atom stereocenters. The van der Waals surface area contributed by atoms with Crippen LogP contribution in [0.5, 0.6) is 0 Å². The first kappa shape index (κ1) is 17.0. The molecule has 1 aromatic carbocycles. The average molecular weight is 324 g/mol. The summed E-state index contributed by atoms with van der Waals surface area (Å²) in [5.74, 6) is -0.255. The minimum Gasteiger partial charge on any atom is -0.348 e. The molecule has 1 amide bonds. The van der Waals surface area contributed by atoms with Crippen molar-refractivity contribution in [2.45, 2.75) is 50.1 Å². The number of piperidine rings is 1. The van der Waals surface area contributed by atoms with E-state index in [0.29, 0.717) is 6.42 Å². The number of amides is 1. The molecule has 1 heterocycles. The Morgan fingerprint density at radius 1 is 1.36 bits per heavy atom. The number of carbonyl (C=O) groups is 1. The van der Waals surface area contributed by atoms with Crippen molar-refractivity contribution in [2.24, 2.45) is 0 Å². The van der Waals surface area contributed by atoms with E-state index in [-0.39, 0.29) is 34.2 Å². The SMILES string of the molecule is CCCS(=O)(=O)c1ccccc1C(=O)NC1CCCNC1C. The lowest BCUT2D eigenvalue weighted by molar-refractivity contribution is 0.0916. The molecule has 0 saturated carbocycles. The van der Waals surface area contributed by atoms with E-state index in [0.717, 1.165) is 19.4 Å². The van der Waals surface area contributed by atoms with E-state index < -0.39 is 9.84 Å². The number of hydrogen-bond donors (Lipinski definition) is 2. The molecular formula is C16H24N2O3S. The zero-order valence-electron chi connectivity index (χ0n) is 13.1. The van der Waals surface area contributed by atoms with E-state index in [1.165, 1.54) is 6.07 Å². The minimum absolute atomic E-state index is 0.0307. The van der Waals surface area contributed by atoms with Gasteiger partial charge in [0.15, 0.2) is 9.84 Å². The van der Waals surface area contributed by atoms with Gasteiger partial charge in [0.2, 0.25) is 0 Å². The van der Waals surface area contributed by atoms with Gasteiger partial charge >= 0.3 is 0 Å². The molecule has 2 unspecified atom stereocenters. The van der Waals surface area contributed by atoms with Gasteiger partial charge in [0.05, 0.1) is 16.2 Å². The fraction of sp³-hybridized carbons (Fsp3) is 0.562. The average Bonchev–Trinajstić information content (AvgIpc) is 2.49. The van der Waals surface area contributed by atoms with Crippen LogP contribution in [0, 0.1) is 0 Å². The first-order valence-corrected chi connectivity index (χ1v) is 9.47. The fourth-order valence-electron chi connectivity index (χ4n) is 2.79. The molecule has 0 aliphatic carbocycles. The minimum atomic E-state index is -3.42. The van der Waals surface area contributed by atoms with Crippen LogP contribution >= 0.6 is 0 Å². The molecule has 0 aromatic heterocycles. The predicted octanol–water partition coefficient (Wildman–Crippen LogP) is 1.74. The van der Waals surface area contributed by atoms with Crippen LogP contribution in [0.25, 0.3) is 0 Å². The molecule has 0 radical (unpaired) electrons. The normalized spacial score (nSPS) is 22.3. The molecule has 1 fully saturated rings. The van der Waals surface area contributed by atoms with Crippen LogP contribution in [0.2, 0.25) is 0 Å². The quantitative estimate of drug-likeness (QED) is 0.865. The monoisotopic (exact) mass is 324 g/mol. The Kier molecular flexibility index (Phi) is 5.58. The second kappa shape index (κ2) is 7.24. The van der Waals surface area contributed by atoms with Crippen molar-refractivity contribution in [1.82, 2.24) is 10.6 Å². The Bertz CT molecular complexity index is 628. The summed E-state index contributed by atoms with van der Waals surface area (Å²) in [5, 5.41) is 6.29. The van der Waals surface area contributed by atoms with E-state index >= 15 is 0 Å². The van der Waals surface area contributed by atoms with Crippen molar-refractivity contribution in [1.29, 1.82) is 0 Å². The number of rotatable bonds is 5. The largest absolute Gasteiger partial charge is 0.348 e. The summed E-state index contributed by atoms with van der Waals surface area (Å²) in [6.07, 6.45) is 2.44. The summed E-state index contributed by atoms with van der Waals surface area (Å²) in [7, 11) is -3.42. The number of hydrogen-bond acceptors (Lipinski definition) is 4. The lowest BCUT2D eigenvalue weighted by Crippen LogP contribution is -2.52. The molecule has 5 nitrogen and oxygen atoms in total. The number of nitrogens with one attached hydrogen (secondary N) is 2. The zero-order chi connectivity index (χ0) is 16.2. The van der Waals surface area contributed by atoms with E-state index in [1.807, 2.05) is 13.8 Å². The van der Waals surface area contributed by atoms with Crippen LogP contribution in [0.1, 0.15) is 43.5 Å². The van der Waals surface area contributed by atoms with Crippen LogP contribution in [0.15, 0.2) is 29.2 Å². The van der Waals surface area contributed by atoms with Crippen molar-refractivity contribution in [3.63, 3.8) is 0 Å². The van der Waals surface area contributed by atoms with Crippen molar-refractivity contribution < 1.29 is 13.2 Å². The smallest absolute Gasteiger partial charge is 0.252 e. The van der Waals surface area contributed by atoms with Crippen LogP contribution in [0.3, 0.4) is 0 Å². The molecule has 1 aliphatic rings. The van der Waals surface area contributed by atoms with E-state index in [2.05, 4.69) is 10.6 Å². The Balaban J connectivity index is 2.23. The van der Waals surface area contributed by atoms with Gasteiger partial charge in [-0.2, -0.15) is 0 Å². The van der Waals surface area contributed by atoms with Gasteiger partial charge in [-0.1, -0.05) is 19.1 Å². The molecule has 22 heavy (non-hydrogen) atoms. The molecule has 1 saturated heterocycles. The van der Waals surface area contributed by atoms with Gasteiger partial charge in [-0.15, -0.1) is 0 Å². The van der Waals surface area contributed by atoms with Gasteiger partial charge in [-0.25, -0.2) is 8.42 Å². The highest BCUT2D eigenvalue weighted by Crippen LogP contribution is 2.19. The zero-order valence-corrected chi connectivity index (χ0v) is 13.9. The highest BCUT2D eigenvalue weighted by atomic mass is 32.2. The Morgan fingerprint density at radius 2 is 2.09 bits per heavy atom. The van der Waals surface area contributed by atoms with Crippen molar-refractivity contribution in [2.75, 3.05) is 12.3 Å². The Labute approximate surface area is 132 Å². The van der Waals surface area contributed by atoms with E-state index in [9.17, 15) is 13.2 Å². The fourth-order valence-corrected chi connectivity index (χ4v) is 4.33. The lowest BCUT2D eigenvalue weighted by atomic mass is 9.99. The van der Waals surface area contributed by atoms with Gasteiger partial charge in [-0.3, -0.25) is 4.79 Å². The molecule has 2 N–H and O–H groups in total. The van der Waals surface area contributed by atoms with Crippen molar-refractivity contribution >= 4 is 15.7 Å². The predicted molar refractivity (Wildman–Crippen MR) is 86.7 cm³/mol. The summed E-state index contributed by atoms with van der Waals surface area (Å²) in [4.78, 5) is 12.7. The Morgan fingerprint density at radius 3 is 2.77 bits per heavy atom. The topological polar surface area (TPSA) is 75.3 Å². The third kappa shape index (κ3) is 3.87. The molecule has 2 rings (SSSR count). The van der Waals surface area contributed by atoms with Crippen LogP contribution in [-0.2, 0) is 9.84 Å². The third-order valence-corrected chi connectivity index (χ3v) is 5.99. The summed E-state index contributed by atoms with van der Waals surface area (Å²) < 4.78 is 24.6. The van der Waals surface area contributed by atoms with Gasteiger partial charge in [-0.05, 0) is 44.9 Å². The molecular weight excluding hydrogens is 300 g/mol. The number of benzene rings is 1. The first-order valence-electron chi connectivity index (χ1n) is 7.81. The van der Waals surface area contributed by atoms with Gasteiger partial charge in [0.1, 0.15) is 0 Å². The Hall–Kier alpha value is -1.40. The van der Waals surface area contributed by atoms with Gasteiger partial charge in [0.25, 0.3) is 5.91 Å². The maximum atomic E-state index is 12.5. The molecule has 1 aromatic rings. The third-order valence-electron chi connectivity index (χ3n) is 4.02. The molecule has 122 valence electrons. The van der Waals surface area contributed by atoms with E-state index in [1.54, 1.807) is 18.2 Å². The maximum Gasteiger partial charge on any atom is 0.252 e. The lowest BCUT2D eigenvalue weighted by Gasteiger charge is -2.30. The summed E-state index contributed by atoms with van der Waals surface area (Å²) in [5.41, 5.74) is 0.244. The maximum absolute atomic E-state index is 12.5. The number of carbonyl (C=O) groups excluding carboxylic acids is 1. The second-order valence-corrected chi connectivity index (χ2v) is 7.86. The van der Waals surface area contributed by atoms with Gasteiger partial charge < -0.3 is 10.6 Å². The highest BCUT2D eigenvalue weighted by Gasteiger charge is 2.26. The van der Waals surface area contributed by atoms with E-state index in [4.69, 9.17) is 0 Å². The van der Waals surface area contributed by atoms with Gasteiger partial charge in [0, 0.05) is 12.1 Å². The molecule has 0 spiro atoms. The van der Waals surface area contributed by atoms with Crippen molar-refractivity contribution in [3.05, 3.63) is 29.8 Å². The van der Waals surface area contributed by atoms with Crippen LogP contribution in [-0.4, -0.2) is 38.7 Å². The van der Waals surface area contributed by atoms with Crippen molar-refractivity contribution in [3.8, 4) is 0 Å². The molecule has 6 heteroatoms. The standard InChI is InChI=1S/C16H24N2O3S/c1-3-11-22(20,21)15-9-5-4-7-13(15)16(19)18-14-8-6-10-17-12(14)2/h4-5,7,9,12,14,17H,3,6,8,10-11H2,1-2H3,(H,18,19). The van der Waals surface area contributed by atoms with Crippen LogP contribution < -0.4 is 10.6 Å². The summed E-state index contributed by atoms with van der Waals surface area (Å²) in [6.45, 7) is 4.80. The summed E-state index contributed by atoms with van der Waals surface area (Å²) in [6, 6.07) is 6.67. The van der Waals surface area contributed by atoms with Crippen LogP contribution in [0.4, 0.5) is 0 Å². The second-order valence-electron chi connectivity index (χ2n) is 5.78. The molecule has 1 aliphatic heterocycles. The first-order chi connectivity index (χ1) is 10.5. The number of sulfone groups is 1. The highest BCUT2D eigenvalue weighted by molar-refractivity contribution is 7.91. The summed E-state index contributed by atoms with van der Waals surface area (Å²) >= 11 is 0.